The highest BCUT2D eigenvalue weighted by Gasteiger charge is 2.27. The topological polar surface area (TPSA) is 52.9 Å². The number of rotatable bonds is 2. The first-order valence-corrected chi connectivity index (χ1v) is 5.30. The molecular weight excluding hydrogens is 247 g/mol. The average Bonchev–Trinajstić information content (AvgIpc) is 2.22. The SMILES string of the molecule is CC(C)(C#N)C(=O)Nc1ccc(Cl)cc1Cl. The van der Waals surface area contributed by atoms with E-state index >= 15 is 0 Å². The van der Waals surface area contributed by atoms with Crippen LogP contribution >= 0.6 is 23.2 Å². The first kappa shape index (κ1) is 12.8. The van der Waals surface area contributed by atoms with Crippen molar-refractivity contribution in [3.8, 4) is 6.07 Å². The number of hydrogen-bond acceptors (Lipinski definition) is 2. The highest BCUT2D eigenvalue weighted by molar-refractivity contribution is 6.36. The van der Waals surface area contributed by atoms with Crippen LogP contribution in [0.5, 0.6) is 0 Å². The summed E-state index contributed by atoms with van der Waals surface area (Å²) in [5, 5.41) is 12.2. The van der Waals surface area contributed by atoms with Crippen molar-refractivity contribution in [2.45, 2.75) is 13.8 Å². The fraction of sp³-hybridized carbons (Fsp3) is 0.273. The number of nitriles is 1. The molecule has 0 fully saturated rings. The number of benzene rings is 1. The summed E-state index contributed by atoms with van der Waals surface area (Å²) >= 11 is 11.6. The molecule has 0 heterocycles. The Morgan fingerprint density at radius 1 is 1.44 bits per heavy atom. The molecule has 0 saturated carbocycles. The third-order valence-corrected chi connectivity index (χ3v) is 2.57. The lowest BCUT2D eigenvalue weighted by Gasteiger charge is -2.15. The van der Waals surface area contributed by atoms with E-state index < -0.39 is 11.3 Å². The summed E-state index contributed by atoms with van der Waals surface area (Å²) in [6, 6.07) is 6.64. The van der Waals surface area contributed by atoms with Gasteiger partial charge in [0, 0.05) is 5.02 Å². The van der Waals surface area contributed by atoms with Gasteiger partial charge in [-0.15, -0.1) is 0 Å². The minimum Gasteiger partial charge on any atom is -0.323 e. The van der Waals surface area contributed by atoms with E-state index in [0.29, 0.717) is 15.7 Å². The molecule has 3 nitrogen and oxygen atoms in total. The molecule has 0 aliphatic heterocycles. The molecule has 1 N–H and O–H groups in total. The van der Waals surface area contributed by atoms with Gasteiger partial charge in [-0.3, -0.25) is 4.79 Å². The Labute approximate surface area is 104 Å². The number of carbonyl (C=O) groups excluding carboxylic acids is 1. The van der Waals surface area contributed by atoms with Gasteiger partial charge in [0.1, 0.15) is 5.41 Å². The van der Waals surface area contributed by atoms with Crippen LogP contribution in [-0.4, -0.2) is 5.91 Å². The van der Waals surface area contributed by atoms with E-state index in [9.17, 15) is 4.79 Å². The van der Waals surface area contributed by atoms with E-state index in [-0.39, 0.29) is 0 Å². The van der Waals surface area contributed by atoms with Crippen LogP contribution in [0, 0.1) is 16.7 Å². The zero-order valence-electron chi connectivity index (χ0n) is 8.84. The molecule has 0 unspecified atom stereocenters. The Bertz CT molecular complexity index is 464. The number of amides is 1. The maximum absolute atomic E-state index is 11.7. The van der Waals surface area contributed by atoms with Gasteiger partial charge < -0.3 is 5.32 Å². The molecule has 84 valence electrons. The number of anilines is 1. The van der Waals surface area contributed by atoms with Crippen molar-refractivity contribution >= 4 is 34.8 Å². The Kier molecular flexibility index (Phi) is 3.79. The van der Waals surface area contributed by atoms with Gasteiger partial charge in [-0.2, -0.15) is 5.26 Å². The van der Waals surface area contributed by atoms with Crippen molar-refractivity contribution < 1.29 is 4.79 Å². The molecule has 0 bridgehead atoms. The second-order valence-electron chi connectivity index (χ2n) is 3.82. The molecule has 1 amide bonds. The number of hydrogen-bond donors (Lipinski definition) is 1. The van der Waals surface area contributed by atoms with E-state index in [0.717, 1.165) is 0 Å². The normalized spacial score (nSPS) is 10.7. The fourth-order valence-electron chi connectivity index (χ4n) is 0.920. The first-order valence-electron chi connectivity index (χ1n) is 4.54. The summed E-state index contributed by atoms with van der Waals surface area (Å²) in [5.41, 5.74) is -0.650. The van der Waals surface area contributed by atoms with Gasteiger partial charge >= 0.3 is 0 Å². The molecule has 1 rings (SSSR count). The lowest BCUT2D eigenvalue weighted by molar-refractivity contribution is -0.121. The summed E-state index contributed by atoms with van der Waals surface area (Å²) in [5.74, 6) is -0.403. The molecule has 5 heteroatoms. The zero-order chi connectivity index (χ0) is 12.3. The maximum Gasteiger partial charge on any atom is 0.244 e. The third kappa shape index (κ3) is 2.88. The molecule has 0 aliphatic carbocycles. The molecule has 0 aromatic heterocycles. The van der Waals surface area contributed by atoms with Crippen molar-refractivity contribution in [3.63, 3.8) is 0 Å². The van der Waals surface area contributed by atoms with E-state index in [4.69, 9.17) is 28.5 Å². The van der Waals surface area contributed by atoms with Crippen LogP contribution in [0.3, 0.4) is 0 Å². The van der Waals surface area contributed by atoms with Gasteiger partial charge in [-0.25, -0.2) is 0 Å². The zero-order valence-corrected chi connectivity index (χ0v) is 10.4. The smallest absolute Gasteiger partial charge is 0.244 e. The van der Waals surface area contributed by atoms with Gasteiger partial charge in [-0.05, 0) is 32.0 Å². The highest BCUT2D eigenvalue weighted by Crippen LogP contribution is 2.27. The fourth-order valence-corrected chi connectivity index (χ4v) is 1.38. The predicted octanol–water partition coefficient (Wildman–Crippen LogP) is 3.48. The van der Waals surface area contributed by atoms with Crippen LogP contribution < -0.4 is 5.32 Å². The minimum absolute atomic E-state index is 0.342. The summed E-state index contributed by atoms with van der Waals surface area (Å²) < 4.78 is 0. The first-order chi connectivity index (χ1) is 7.36. The van der Waals surface area contributed by atoms with Crippen molar-refractivity contribution in [1.29, 1.82) is 5.26 Å². The monoisotopic (exact) mass is 256 g/mol. The molecule has 1 aromatic carbocycles. The van der Waals surface area contributed by atoms with E-state index in [1.54, 1.807) is 12.1 Å². The lowest BCUT2D eigenvalue weighted by atomic mass is 9.94. The van der Waals surface area contributed by atoms with Crippen molar-refractivity contribution in [3.05, 3.63) is 28.2 Å². The van der Waals surface area contributed by atoms with Crippen LogP contribution in [0.25, 0.3) is 0 Å². The Hall–Kier alpha value is -1.24. The molecular formula is C11H10Cl2N2O. The second kappa shape index (κ2) is 4.73. The van der Waals surface area contributed by atoms with Gasteiger partial charge in [0.05, 0.1) is 16.8 Å². The van der Waals surface area contributed by atoms with Crippen molar-refractivity contribution in [1.82, 2.24) is 0 Å². The van der Waals surface area contributed by atoms with Gasteiger partial charge in [0.25, 0.3) is 0 Å². The maximum atomic E-state index is 11.7. The van der Waals surface area contributed by atoms with Crippen LogP contribution in [0.1, 0.15) is 13.8 Å². The van der Waals surface area contributed by atoms with Crippen LogP contribution in [0.4, 0.5) is 5.69 Å². The summed E-state index contributed by atoms with van der Waals surface area (Å²) in [7, 11) is 0. The van der Waals surface area contributed by atoms with Crippen LogP contribution in [0.2, 0.25) is 10.0 Å². The minimum atomic E-state index is -1.09. The standard InChI is InChI=1S/C11H10Cl2N2O/c1-11(2,6-14)10(16)15-9-4-3-7(12)5-8(9)13/h3-5H,1-2H3,(H,15,16). The molecule has 1 aromatic rings. The average molecular weight is 257 g/mol. The molecule has 0 saturated heterocycles. The van der Waals surface area contributed by atoms with Gasteiger partial charge in [-0.1, -0.05) is 23.2 Å². The predicted molar refractivity (Wildman–Crippen MR) is 64.5 cm³/mol. The number of halogens is 2. The Morgan fingerprint density at radius 3 is 2.56 bits per heavy atom. The molecule has 0 spiro atoms. The molecule has 0 aliphatic rings. The van der Waals surface area contributed by atoms with Crippen LogP contribution in [-0.2, 0) is 4.79 Å². The Morgan fingerprint density at radius 2 is 2.06 bits per heavy atom. The number of carbonyl (C=O) groups is 1. The largest absolute Gasteiger partial charge is 0.323 e. The van der Waals surface area contributed by atoms with E-state index in [1.807, 2.05) is 6.07 Å². The highest BCUT2D eigenvalue weighted by atomic mass is 35.5. The van der Waals surface area contributed by atoms with Gasteiger partial charge in [0.15, 0.2) is 0 Å². The third-order valence-electron chi connectivity index (χ3n) is 2.03. The van der Waals surface area contributed by atoms with Crippen molar-refractivity contribution in [2.24, 2.45) is 5.41 Å². The summed E-state index contributed by atoms with van der Waals surface area (Å²) in [6.45, 7) is 3.07. The number of nitrogens with zero attached hydrogens (tertiary/aromatic N) is 1. The second-order valence-corrected chi connectivity index (χ2v) is 4.66. The van der Waals surface area contributed by atoms with E-state index in [2.05, 4.69) is 5.32 Å². The van der Waals surface area contributed by atoms with Gasteiger partial charge in [0.2, 0.25) is 5.91 Å². The number of nitrogens with one attached hydrogen (secondary N) is 1. The molecule has 0 atom stereocenters. The van der Waals surface area contributed by atoms with Crippen molar-refractivity contribution in [2.75, 3.05) is 5.32 Å². The summed E-state index contributed by atoms with van der Waals surface area (Å²) in [4.78, 5) is 11.7. The summed E-state index contributed by atoms with van der Waals surface area (Å²) in [6.07, 6.45) is 0. The molecule has 0 radical (unpaired) electrons. The van der Waals surface area contributed by atoms with E-state index in [1.165, 1.54) is 19.9 Å². The lowest BCUT2D eigenvalue weighted by Crippen LogP contribution is -2.29. The Balaban J connectivity index is 2.91. The quantitative estimate of drug-likeness (QED) is 0.881. The van der Waals surface area contributed by atoms with Crippen LogP contribution in [0.15, 0.2) is 18.2 Å². The molecule has 16 heavy (non-hydrogen) atoms.